The second-order valence-electron chi connectivity index (χ2n) is 6.05. The summed E-state index contributed by atoms with van der Waals surface area (Å²) in [7, 11) is 0. The summed E-state index contributed by atoms with van der Waals surface area (Å²) in [4.78, 5) is 0. The summed E-state index contributed by atoms with van der Waals surface area (Å²) in [6.07, 6.45) is 4.86. The Morgan fingerprint density at radius 1 is 1.15 bits per heavy atom. The molecule has 3 heteroatoms. The molecule has 0 aromatic heterocycles. The zero-order valence-corrected chi connectivity index (χ0v) is 12.8. The molecule has 2 N–H and O–H groups in total. The van der Waals surface area contributed by atoms with Gasteiger partial charge >= 0.3 is 0 Å². The summed E-state index contributed by atoms with van der Waals surface area (Å²) >= 11 is 0. The molecule has 3 nitrogen and oxygen atoms in total. The molecular formula is C17H27NO2. The fourth-order valence-corrected chi connectivity index (χ4v) is 2.39. The largest absolute Gasteiger partial charge is 0.411 e. The highest BCUT2D eigenvalue weighted by atomic mass is 16.4. The maximum absolute atomic E-state index is 10.6. The Kier molecular flexibility index (Phi) is 6.73. The first kappa shape index (κ1) is 16.7. The number of nitrogens with zero attached hydrogens (tertiary/aromatic N) is 1. The molecule has 1 unspecified atom stereocenters. The van der Waals surface area contributed by atoms with E-state index in [1.165, 1.54) is 19.3 Å². The molecule has 1 atom stereocenters. The Balaban J connectivity index is 2.72. The maximum atomic E-state index is 10.6. The number of hydrogen-bond acceptors (Lipinski definition) is 3. The molecule has 0 aliphatic rings. The van der Waals surface area contributed by atoms with Crippen LogP contribution in [-0.2, 0) is 0 Å². The second kappa shape index (κ2) is 8.05. The van der Waals surface area contributed by atoms with Crippen molar-refractivity contribution >= 4 is 5.71 Å². The van der Waals surface area contributed by atoms with Gasteiger partial charge in [-0.3, -0.25) is 0 Å². The van der Waals surface area contributed by atoms with Crippen molar-refractivity contribution in [3.05, 3.63) is 35.9 Å². The minimum absolute atomic E-state index is 0.300. The zero-order chi connectivity index (χ0) is 15.0. The monoisotopic (exact) mass is 277 g/mol. The Labute approximate surface area is 122 Å². The van der Waals surface area contributed by atoms with Gasteiger partial charge in [0.05, 0.1) is 0 Å². The SMILES string of the molecule is CCCCCCC(C)(C)C(O)C(=NO)c1ccccc1. The summed E-state index contributed by atoms with van der Waals surface area (Å²) in [6, 6.07) is 9.36. The van der Waals surface area contributed by atoms with Gasteiger partial charge in [0.2, 0.25) is 0 Å². The lowest BCUT2D eigenvalue weighted by molar-refractivity contribution is 0.0940. The van der Waals surface area contributed by atoms with Crippen molar-refractivity contribution in [3.8, 4) is 0 Å². The average Bonchev–Trinajstić information content (AvgIpc) is 2.45. The number of aliphatic hydroxyl groups is 1. The molecule has 1 aromatic carbocycles. The number of rotatable bonds is 8. The summed E-state index contributed by atoms with van der Waals surface area (Å²) in [5, 5.41) is 23.1. The van der Waals surface area contributed by atoms with E-state index in [1.807, 2.05) is 44.2 Å². The molecule has 0 spiro atoms. The first-order valence-electron chi connectivity index (χ1n) is 7.48. The fraction of sp³-hybridized carbons (Fsp3) is 0.588. The Morgan fingerprint density at radius 2 is 1.80 bits per heavy atom. The third kappa shape index (κ3) is 4.64. The quantitative estimate of drug-likeness (QED) is 0.323. The number of aliphatic hydroxyl groups excluding tert-OH is 1. The van der Waals surface area contributed by atoms with Gasteiger partial charge in [0.25, 0.3) is 0 Å². The van der Waals surface area contributed by atoms with Crippen molar-refractivity contribution in [2.75, 3.05) is 0 Å². The second-order valence-corrected chi connectivity index (χ2v) is 6.05. The third-order valence-electron chi connectivity index (χ3n) is 3.85. The zero-order valence-electron chi connectivity index (χ0n) is 12.8. The summed E-state index contributed by atoms with van der Waals surface area (Å²) in [6.45, 7) is 6.24. The van der Waals surface area contributed by atoms with E-state index in [-0.39, 0.29) is 5.41 Å². The van der Waals surface area contributed by atoms with Crippen LogP contribution in [0.1, 0.15) is 58.4 Å². The van der Waals surface area contributed by atoms with Crippen molar-refractivity contribution in [2.45, 2.75) is 59.0 Å². The fourth-order valence-electron chi connectivity index (χ4n) is 2.39. The van der Waals surface area contributed by atoms with E-state index in [1.54, 1.807) is 0 Å². The van der Waals surface area contributed by atoms with Gasteiger partial charge in [-0.2, -0.15) is 0 Å². The van der Waals surface area contributed by atoms with Crippen molar-refractivity contribution in [1.29, 1.82) is 0 Å². The van der Waals surface area contributed by atoms with E-state index < -0.39 is 6.10 Å². The highest BCUT2D eigenvalue weighted by Crippen LogP contribution is 2.30. The van der Waals surface area contributed by atoms with Gasteiger partial charge in [0, 0.05) is 5.56 Å². The van der Waals surface area contributed by atoms with E-state index in [2.05, 4.69) is 12.1 Å². The minimum atomic E-state index is -0.767. The topological polar surface area (TPSA) is 52.8 Å². The highest BCUT2D eigenvalue weighted by Gasteiger charge is 2.32. The lowest BCUT2D eigenvalue weighted by atomic mass is 9.78. The standard InChI is InChI=1S/C17H27NO2/c1-4-5-6-10-13-17(2,3)16(19)15(18-20)14-11-8-7-9-12-14/h7-9,11-12,16,19-20H,4-6,10,13H2,1-3H3. The first-order valence-corrected chi connectivity index (χ1v) is 7.48. The number of benzene rings is 1. The predicted octanol–water partition coefficient (Wildman–Crippen LogP) is 4.22. The van der Waals surface area contributed by atoms with E-state index in [0.29, 0.717) is 5.71 Å². The van der Waals surface area contributed by atoms with Crippen LogP contribution < -0.4 is 0 Å². The molecule has 1 rings (SSSR count). The van der Waals surface area contributed by atoms with Crippen LogP contribution in [0.15, 0.2) is 35.5 Å². The van der Waals surface area contributed by atoms with E-state index in [4.69, 9.17) is 0 Å². The number of oxime groups is 1. The molecule has 20 heavy (non-hydrogen) atoms. The average molecular weight is 277 g/mol. The van der Waals surface area contributed by atoms with Gasteiger partial charge in [-0.1, -0.05) is 81.9 Å². The number of hydrogen-bond donors (Lipinski definition) is 2. The van der Waals surface area contributed by atoms with Crippen LogP contribution in [0.5, 0.6) is 0 Å². The molecule has 0 aliphatic heterocycles. The van der Waals surface area contributed by atoms with E-state index in [0.717, 1.165) is 18.4 Å². The van der Waals surface area contributed by atoms with Gasteiger partial charge in [-0.25, -0.2) is 0 Å². The molecule has 0 amide bonds. The van der Waals surface area contributed by atoms with Crippen LogP contribution in [0, 0.1) is 5.41 Å². The minimum Gasteiger partial charge on any atom is -0.411 e. The molecule has 0 saturated carbocycles. The number of unbranched alkanes of at least 4 members (excludes halogenated alkanes) is 3. The van der Waals surface area contributed by atoms with Gasteiger partial charge in [-0.15, -0.1) is 0 Å². The molecule has 0 radical (unpaired) electrons. The van der Waals surface area contributed by atoms with Crippen molar-refractivity contribution in [3.63, 3.8) is 0 Å². The first-order chi connectivity index (χ1) is 9.53. The lowest BCUT2D eigenvalue weighted by Gasteiger charge is -2.31. The lowest BCUT2D eigenvalue weighted by Crippen LogP contribution is -2.37. The van der Waals surface area contributed by atoms with E-state index in [9.17, 15) is 10.3 Å². The normalized spacial score (nSPS) is 14.3. The maximum Gasteiger partial charge on any atom is 0.116 e. The summed E-state index contributed by atoms with van der Waals surface area (Å²) in [5.74, 6) is 0. The Bertz CT molecular complexity index is 412. The summed E-state index contributed by atoms with van der Waals surface area (Å²) in [5.41, 5.74) is 0.820. The third-order valence-corrected chi connectivity index (χ3v) is 3.85. The smallest absolute Gasteiger partial charge is 0.116 e. The highest BCUT2D eigenvalue weighted by molar-refractivity contribution is 6.03. The molecule has 112 valence electrons. The van der Waals surface area contributed by atoms with Crippen LogP contribution in [0.2, 0.25) is 0 Å². The Hall–Kier alpha value is -1.35. The summed E-state index contributed by atoms with van der Waals surface area (Å²) < 4.78 is 0. The van der Waals surface area contributed by atoms with Gasteiger partial charge in [0.15, 0.2) is 0 Å². The van der Waals surface area contributed by atoms with Crippen molar-refractivity contribution in [2.24, 2.45) is 10.6 Å². The molecule has 0 fully saturated rings. The van der Waals surface area contributed by atoms with Crippen LogP contribution in [0.3, 0.4) is 0 Å². The van der Waals surface area contributed by atoms with Gasteiger partial charge in [0.1, 0.15) is 11.8 Å². The van der Waals surface area contributed by atoms with Crippen LogP contribution in [-0.4, -0.2) is 22.1 Å². The Morgan fingerprint density at radius 3 is 2.35 bits per heavy atom. The van der Waals surface area contributed by atoms with Gasteiger partial charge < -0.3 is 10.3 Å². The molecule has 0 bridgehead atoms. The van der Waals surface area contributed by atoms with Crippen LogP contribution in [0.25, 0.3) is 0 Å². The van der Waals surface area contributed by atoms with Gasteiger partial charge in [-0.05, 0) is 11.8 Å². The molecule has 0 heterocycles. The van der Waals surface area contributed by atoms with E-state index >= 15 is 0 Å². The molecular weight excluding hydrogens is 250 g/mol. The van der Waals surface area contributed by atoms with Crippen molar-refractivity contribution < 1.29 is 10.3 Å². The molecule has 0 aliphatic carbocycles. The van der Waals surface area contributed by atoms with Crippen molar-refractivity contribution in [1.82, 2.24) is 0 Å². The predicted molar refractivity (Wildman–Crippen MR) is 83.3 cm³/mol. The molecule has 0 saturated heterocycles. The van der Waals surface area contributed by atoms with Crippen LogP contribution in [0.4, 0.5) is 0 Å². The molecule has 1 aromatic rings. The van der Waals surface area contributed by atoms with Crippen LogP contribution >= 0.6 is 0 Å².